The van der Waals surface area contributed by atoms with Crippen LogP contribution in [0, 0.1) is 25.2 Å². The van der Waals surface area contributed by atoms with Crippen molar-refractivity contribution in [3.63, 3.8) is 0 Å². The normalized spacial score (nSPS) is 12.2. The monoisotopic (exact) mass is 179 g/mol. The van der Waals surface area contributed by atoms with Gasteiger partial charge in [-0.25, -0.2) is 0 Å². The Morgan fingerprint density at radius 3 is 2.25 bits per heavy atom. The van der Waals surface area contributed by atoms with Gasteiger partial charge >= 0.3 is 0 Å². The topological polar surface area (TPSA) is 23.8 Å². The highest BCUT2D eigenvalue weighted by Gasteiger charge is 2.11. The van der Waals surface area contributed by atoms with Gasteiger partial charge in [0.15, 0.2) is 0 Å². The molecule has 0 heterocycles. The SMILES string of the molecule is Cc1cccc(C)c1C(Cl)C#N. The maximum absolute atomic E-state index is 8.66. The molecule has 0 radical (unpaired) electrons. The second-order valence-corrected chi connectivity index (χ2v) is 3.23. The molecule has 0 aliphatic rings. The number of aryl methyl sites for hydroxylation is 2. The summed E-state index contributed by atoms with van der Waals surface area (Å²) >= 11 is 5.84. The van der Waals surface area contributed by atoms with Gasteiger partial charge in [0.1, 0.15) is 5.38 Å². The van der Waals surface area contributed by atoms with Gasteiger partial charge < -0.3 is 0 Å². The largest absolute Gasteiger partial charge is 0.196 e. The quantitative estimate of drug-likeness (QED) is 0.608. The van der Waals surface area contributed by atoms with Crippen LogP contribution in [0.1, 0.15) is 22.1 Å². The van der Waals surface area contributed by atoms with E-state index in [4.69, 9.17) is 16.9 Å². The van der Waals surface area contributed by atoms with Crippen molar-refractivity contribution in [2.24, 2.45) is 0 Å². The van der Waals surface area contributed by atoms with Crippen molar-refractivity contribution in [3.05, 3.63) is 34.9 Å². The van der Waals surface area contributed by atoms with Crippen molar-refractivity contribution in [2.75, 3.05) is 0 Å². The van der Waals surface area contributed by atoms with Gasteiger partial charge in [0.25, 0.3) is 0 Å². The molecule has 0 aliphatic heterocycles. The molecule has 1 atom stereocenters. The zero-order chi connectivity index (χ0) is 9.14. The minimum atomic E-state index is -0.522. The van der Waals surface area contributed by atoms with E-state index >= 15 is 0 Å². The molecule has 1 unspecified atom stereocenters. The van der Waals surface area contributed by atoms with Gasteiger partial charge in [-0.15, -0.1) is 11.6 Å². The molecule has 0 N–H and O–H groups in total. The average Bonchev–Trinajstić information content (AvgIpc) is 2.03. The van der Waals surface area contributed by atoms with Gasteiger partial charge in [-0.1, -0.05) is 18.2 Å². The van der Waals surface area contributed by atoms with E-state index in [1.807, 2.05) is 38.1 Å². The predicted molar refractivity (Wildman–Crippen MR) is 50.1 cm³/mol. The standard InChI is InChI=1S/C10H10ClN/c1-7-4-3-5-8(2)10(7)9(11)6-12/h3-5,9H,1-2H3. The lowest BCUT2D eigenvalue weighted by Crippen LogP contribution is -1.94. The first-order chi connectivity index (χ1) is 5.66. The first kappa shape index (κ1) is 9.09. The number of rotatable bonds is 1. The van der Waals surface area contributed by atoms with E-state index in [1.54, 1.807) is 0 Å². The Labute approximate surface area is 77.6 Å². The third-order valence-corrected chi connectivity index (χ3v) is 2.22. The summed E-state index contributed by atoms with van der Waals surface area (Å²) in [5.41, 5.74) is 3.11. The van der Waals surface area contributed by atoms with Gasteiger partial charge in [0, 0.05) is 0 Å². The molecule has 0 aromatic heterocycles. The number of nitrogens with zero attached hydrogens (tertiary/aromatic N) is 1. The van der Waals surface area contributed by atoms with E-state index in [2.05, 4.69) is 0 Å². The average molecular weight is 180 g/mol. The Kier molecular flexibility index (Phi) is 2.73. The van der Waals surface area contributed by atoms with Crippen molar-refractivity contribution in [1.82, 2.24) is 0 Å². The molecule has 0 aliphatic carbocycles. The van der Waals surface area contributed by atoms with E-state index in [9.17, 15) is 0 Å². The van der Waals surface area contributed by atoms with Gasteiger partial charge in [-0.05, 0) is 30.5 Å². The highest BCUT2D eigenvalue weighted by molar-refractivity contribution is 6.22. The summed E-state index contributed by atoms with van der Waals surface area (Å²) in [5, 5.41) is 8.13. The van der Waals surface area contributed by atoms with Crippen molar-refractivity contribution in [2.45, 2.75) is 19.2 Å². The number of halogens is 1. The highest BCUT2D eigenvalue weighted by atomic mass is 35.5. The van der Waals surface area contributed by atoms with Gasteiger partial charge in [0.05, 0.1) is 6.07 Å². The van der Waals surface area contributed by atoms with Crippen LogP contribution in [0.3, 0.4) is 0 Å². The molecular formula is C10H10ClN. The van der Waals surface area contributed by atoms with Crippen LogP contribution in [0.15, 0.2) is 18.2 Å². The third-order valence-electron chi connectivity index (χ3n) is 1.91. The molecule has 1 aromatic carbocycles. The Balaban J connectivity index is 3.23. The molecule has 0 fully saturated rings. The molecule has 12 heavy (non-hydrogen) atoms. The molecule has 1 rings (SSSR count). The van der Waals surface area contributed by atoms with Crippen LogP contribution in [0.25, 0.3) is 0 Å². The summed E-state index contributed by atoms with van der Waals surface area (Å²) < 4.78 is 0. The summed E-state index contributed by atoms with van der Waals surface area (Å²) in [6.07, 6.45) is 0. The van der Waals surface area contributed by atoms with E-state index < -0.39 is 5.38 Å². The van der Waals surface area contributed by atoms with Crippen molar-refractivity contribution >= 4 is 11.6 Å². The Bertz CT molecular complexity index is 305. The second kappa shape index (κ2) is 3.60. The summed E-state index contributed by atoms with van der Waals surface area (Å²) in [5.74, 6) is 0. The first-order valence-corrected chi connectivity index (χ1v) is 4.20. The van der Waals surface area contributed by atoms with Crippen molar-refractivity contribution < 1.29 is 0 Å². The molecule has 2 heteroatoms. The van der Waals surface area contributed by atoms with E-state index in [1.165, 1.54) is 0 Å². The van der Waals surface area contributed by atoms with Gasteiger partial charge in [-0.3, -0.25) is 0 Å². The van der Waals surface area contributed by atoms with E-state index in [-0.39, 0.29) is 0 Å². The zero-order valence-electron chi connectivity index (χ0n) is 7.13. The van der Waals surface area contributed by atoms with Crippen LogP contribution in [-0.2, 0) is 0 Å². The zero-order valence-corrected chi connectivity index (χ0v) is 7.89. The van der Waals surface area contributed by atoms with Crippen LogP contribution in [-0.4, -0.2) is 0 Å². The fraction of sp³-hybridized carbons (Fsp3) is 0.300. The molecule has 0 saturated heterocycles. The number of benzene rings is 1. The van der Waals surface area contributed by atoms with Crippen LogP contribution in [0.5, 0.6) is 0 Å². The molecule has 0 saturated carbocycles. The molecular weight excluding hydrogens is 170 g/mol. The number of alkyl halides is 1. The molecule has 1 aromatic rings. The fourth-order valence-electron chi connectivity index (χ4n) is 1.29. The molecule has 1 nitrogen and oxygen atoms in total. The van der Waals surface area contributed by atoms with Gasteiger partial charge in [0.2, 0.25) is 0 Å². The van der Waals surface area contributed by atoms with Crippen LogP contribution >= 0.6 is 11.6 Å². The Morgan fingerprint density at radius 2 is 1.83 bits per heavy atom. The van der Waals surface area contributed by atoms with Crippen molar-refractivity contribution in [1.29, 1.82) is 5.26 Å². The fourth-order valence-corrected chi connectivity index (χ4v) is 1.64. The van der Waals surface area contributed by atoms with Crippen LogP contribution < -0.4 is 0 Å². The smallest absolute Gasteiger partial charge is 0.146 e. The first-order valence-electron chi connectivity index (χ1n) is 3.76. The van der Waals surface area contributed by atoms with Gasteiger partial charge in [-0.2, -0.15) is 5.26 Å². The van der Waals surface area contributed by atoms with E-state index in [0.717, 1.165) is 16.7 Å². The minimum absolute atomic E-state index is 0.522. The summed E-state index contributed by atoms with van der Waals surface area (Å²) in [7, 11) is 0. The summed E-state index contributed by atoms with van der Waals surface area (Å²) in [4.78, 5) is 0. The van der Waals surface area contributed by atoms with Crippen LogP contribution in [0.4, 0.5) is 0 Å². The maximum atomic E-state index is 8.66. The Morgan fingerprint density at radius 1 is 1.33 bits per heavy atom. The van der Waals surface area contributed by atoms with Crippen LogP contribution in [0.2, 0.25) is 0 Å². The summed E-state index contributed by atoms with van der Waals surface area (Å²) in [6.45, 7) is 3.93. The predicted octanol–water partition coefficient (Wildman–Crippen LogP) is 3.11. The third kappa shape index (κ3) is 1.60. The van der Waals surface area contributed by atoms with Crippen molar-refractivity contribution in [3.8, 4) is 6.07 Å². The summed E-state index contributed by atoms with van der Waals surface area (Å²) in [6, 6.07) is 7.93. The lowest BCUT2D eigenvalue weighted by atomic mass is 10.0. The lowest BCUT2D eigenvalue weighted by Gasteiger charge is -2.08. The lowest BCUT2D eigenvalue weighted by molar-refractivity contribution is 1.13. The Hall–Kier alpha value is -1.00. The number of nitriles is 1. The highest BCUT2D eigenvalue weighted by Crippen LogP contribution is 2.25. The molecule has 0 bridgehead atoms. The minimum Gasteiger partial charge on any atom is -0.196 e. The molecule has 0 amide bonds. The molecule has 62 valence electrons. The second-order valence-electron chi connectivity index (χ2n) is 2.80. The maximum Gasteiger partial charge on any atom is 0.146 e. The van der Waals surface area contributed by atoms with E-state index in [0.29, 0.717) is 0 Å². The molecule has 0 spiro atoms. The number of hydrogen-bond donors (Lipinski definition) is 0. The number of hydrogen-bond acceptors (Lipinski definition) is 1.